The van der Waals surface area contributed by atoms with Crippen LogP contribution in [0.3, 0.4) is 0 Å². The third-order valence-electron chi connectivity index (χ3n) is 8.55. The van der Waals surface area contributed by atoms with Gasteiger partial charge in [0.1, 0.15) is 11.9 Å². The number of likely N-dealkylation sites (N-methyl/N-ethyl adjacent to an activating group) is 1. The van der Waals surface area contributed by atoms with E-state index >= 15 is 0 Å². The van der Waals surface area contributed by atoms with Crippen LogP contribution in [0.15, 0.2) is 11.0 Å². The van der Waals surface area contributed by atoms with Crippen LogP contribution in [-0.4, -0.2) is 93.7 Å². The molecule has 9 nitrogen and oxygen atoms in total. The van der Waals surface area contributed by atoms with E-state index in [0.717, 1.165) is 29.1 Å². The van der Waals surface area contributed by atoms with E-state index < -0.39 is 35.6 Å². The van der Waals surface area contributed by atoms with Crippen LogP contribution in [-0.2, 0) is 19.1 Å². The first kappa shape index (κ1) is 32.4. The number of rotatable bonds is 4. The number of fused-ring (bicyclic) bond motifs is 1. The van der Waals surface area contributed by atoms with Gasteiger partial charge in [0.05, 0.1) is 53.4 Å². The molecular weight excluding hydrogens is 530 g/mol. The van der Waals surface area contributed by atoms with Gasteiger partial charge in [-0.25, -0.2) is 4.98 Å². The molecule has 2 fully saturated rings. The van der Waals surface area contributed by atoms with Crippen molar-refractivity contribution >= 4 is 35.1 Å². The summed E-state index contributed by atoms with van der Waals surface area (Å²) in [5, 5.41) is 24.8. The van der Waals surface area contributed by atoms with Crippen molar-refractivity contribution in [2.45, 2.75) is 104 Å². The van der Waals surface area contributed by atoms with E-state index in [-0.39, 0.29) is 36.1 Å². The second-order valence-corrected chi connectivity index (χ2v) is 13.6. The lowest BCUT2D eigenvalue weighted by Crippen LogP contribution is -2.45. The van der Waals surface area contributed by atoms with E-state index in [1.807, 2.05) is 56.1 Å². The molecule has 40 heavy (non-hydrogen) atoms. The van der Waals surface area contributed by atoms with Crippen LogP contribution < -0.4 is 0 Å². The number of ether oxygens (including phenoxy) is 1. The molecular formula is C30H47N3O6S. The molecule has 10 heteroatoms. The molecule has 0 saturated carbocycles. The third kappa shape index (κ3) is 7.78. The number of nitrogens with zero attached hydrogens (tertiary/aromatic N) is 3. The van der Waals surface area contributed by atoms with E-state index in [4.69, 9.17) is 4.74 Å². The molecule has 3 rings (SSSR count). The highest BCUT2D eigenvalue weighted by atomic mass is 32.1. The highest BCUT2D eigenvalue weighted by Crippen LogP contribution is 2.39. The predicted octanol–water partition coefficient (Wildman–Crippen LogP) is 3.46. The summed E-state index contributed by atoms with van der Waals surface area (Å²) in [7, 11) is 3.72. The molecule has 0 unspecified atom stereocenters. The Morgan fingerprint density at radius 3 is 2.50 bits per heavy atom. The Kier molecular flexibility index (Phi) is 10.7. The molecule has 0 radical (unpaired) electrons. The fourth-order valence-electron chi connectivity index (χ4n) is 5.82. The number of esters is 1. The Hall–Kier alpha value is -2.14. The van der Waals surface area contributed by atoms with Crippen LogP contribution in [0.5, 0.6) is 0 Å². The van der Waals surface area contributed by atoms with Crippen molar-refractivity contribution in [3.8, 4) is 0 Å². The zero-order valence-corrected chi connectivity index (χ0v) is 26.0. The number of carbonyl (C=O) groups is 3. The number of cyclic esters (lactones) is 1. The third-order valence-corrected chi connectivity index (χ3v) is 9.35. The van der Waals surface area contributed by atoms with Crippen molar-refractivity contribution in [2.24, 2.45) is 17.3 Å². The van der Waals surface area contributed by atoms with Gasteiger partial charge in [-0.05, 0) is 58.4 Å². The molecule has 2 N–H and O–H groups in total. The Morgan fingerprint density at radius 2 is 1.90 bits per heavy atom. The smallest absolute Gasteiger partial charge is 0.309 e. The lowest BCUT2D eigenvalue weighted by Gasteiger charge is -2.34. The van der Waals surface area contributed by atoms with Crippen LogP contribution in [0.2, 0.25) is 0 Å². The first-order chi connectivity index (χ1) is 18.6. The van der Waals surface area contributed by atoms with Gasteiger partial charge in [-0.2, -0.15) is 0 Å². The first-order valence-corrected chi connectivity index (χ1v) is 15.2. The number of aliphatic hydroxyl groups excluding tert-OH is 2. The van der Waals surface area contributed by atoms with E-state index in [0.29, 0.717) is 19.4 Å². The van der Waals surface area contributed by atoms with E-state index in [1.165, 1.54) is 11.3 Å². The van der Waals surface area contributed by atoms with Crippen LogP contribution in [0.4, 0.5) is 0 Å². The molecule has 2 aliphatic heterocycles. The molecule has 2 saturated heterocycles. The molecule has 0 bridgehead atoms. The number of carbonyl (C=O) groups excluding carboxylic acids is 3. The molecule has 3 heterocycles. The van der Waals surface area contributed by atoms with Gasteiger partial charge in [-0.1, -0.05) is 34.1 Å². The average molecular weight is 578 g/mol. The molecule has 0 aliphatic carbocycles. The number of hydrogen-bond donors (Lipinski definition) is 2. The number of aromatic nitrogens is 1. The van der Waals surface area contributed by atoms with Crippen molar-refractivity contribution in [3.05, 3.63) is 21.7 Å². The summed E-state index contributed by atoms with van der Waals surface area (Å²) >= 11 is 1.54. The van der Waals surface area contributed by atoms with Gasteiger partial charge >= 0.3 is 5.97 Å². The Morgan fingerprint density at radius 1 is 1.23 bits per heavy atom. The Balaban J connectivity index is 1.93. The summed E-state index contributed by atoms with van der Waals surface area (Å²) < 4.78 is 5.96. The number of thiazole rings is 1. The lowest BCUT2D eigenvalue weighted by molar-refractivity contribution is -0.154. The molecule has 0 spiro atoms. The summed E-state index contributed by atoms with van der Waals surface area (Å²) in [5.74, 6) is -1.70. The zero-order valence-electron chi connectivity index (χ0n) is 25.2. The van der Waals surface area contributed by atoms with Gasteiger partial charge < -0.3 is 24.7 Å². The van der Waals surface area contributed by atoms with Crippen molar-refractivity contribution < 1.29 is 29.3 Å². The Bertz CT molecular complexity index is 1100. The van der Waals surface area contributed by atoms with Crippen LogP contribution in [0.25, 0.3) is 6.08 Å². The summed E-state index contributed by atoms with van der Waals surface area (Å²) in [6.45, 7) is 11.0. The molecule has 1 amide bonds. The van der Waals surface area contributed by atoms with Gasteiger partial charge in [0, 0.05) is 17.7 Å². The maximum Gasteiger partial charge on any atom is 0.309 e. The minimum absolute atomic E-state index is 0.0174. The highest BCUT2D eigenvalue weighted by molar-refractivity contribution is 7.09. The van der Waals surface area contributed by atoms with Crippen molar-refractivity contribution in [3.63, 3.8) is 0 Å². The minimum atomic E-state index is -1.27. The van der Waals surface area contributed by atoms with Crippen LogP contribution in [0, 0.1) is 24.2 Å². The largest absolute Gasteiger partial charge is 0.458 e. The molecule has 2 aliphatic rings. The summed E-state index contributed by atoms with van der Waals surface area (Å²) in [6, 6.07) is -0.0652. The molecule has 1 aromatic rings. The number of ketones is 1. The van der Waals surface area contributed by atoms with Gasteiger partial charge in [-0.3, -0.25) is 14.4 Å². The van der Waals surface area contributed by atoms with Crippen molar-refractivity contribution in [1.29, 1.82) is 0 Å². The number of Topliss-reactive ketones (excluding diaryl/α,β-unsaturated/α-hetero) is 1. The number of aliphatic hydroxyl groups is 2. The molecule has 1 aromatic heterocycles. The first-order valence-electron chi connectivity index (χ1n) is 14.3. The second-order valence-electron chi connectivity index (χ2n) is 12.6. The molecule has 7 atom stereocenters. The number of amides is 1. The molecule has 0 aromatic carbocycles. The van der Waals surface area contributed by atoms with Gasteiger partial charge in [0.2, 0.25) is 5.91 Å². The topological polar surface area (TPSA) is 120 Å². The Labute approximate surface area is 242 Å². The maximum atomic E-state index is 13.3. The van der Waals surface area contributed by atoms with Gasteiger partial charge in [-0.15, -0.1) is 11.3 Å². The number of hydrogen-bond acceptors (Lipinski definition) is 9. The monoisotopic (exact) mass is 577 g/mol. The molecule has 224 valence electrons. The van der Waals surface area contributed by atoms with E-state index in [2.05, 4.69) is 4.98 Å². The SMILES string of the molecule is C/C(=C\c1csc(C)n1)[C@@H]1C[C@H]2[C@@H](CCC[C@H](C)[C@H](O)[C@@H](C)C(=O)C(C)(C)[C@@H](O)CC(=O)O1)N2C(=O)CN(C)C. The van der Waals surface area contributed by atoms with Crippen molar-refractivity contribution in [2.75, 3.05) is 20.6 Å². The number of aryl methyl sites for hydroxylation is 1. The summed E-state index contributed by atoms with van der Waals surface area (Å²) in [5.41, 5.74) is 0.344. The fourth-order valence-corrected chi connectivity index (χ4v) is 6.39. The van der Waals surface area contributed by atoms with E-state index in [9.17, 15) is 24.6 Å². The standard InChI is InChI=1S/C30H47N3O6S/c1-17-10-9-11-22-23(33(22)26(35)15-32(7)8)13-24(18(2)12-21-16-40-20(4)31-21)39-27(36)14-25(34)30(5,6)29(38)19(3)28(17)37/h12,16-17,19,22-25,28,34,37H,9-11,13-15H2,1-8H3/b18-12+/t17-,19+,22+,23-,24-,25-,28-,33?/m0/s1. The minimum Gasteiger partial charge on any atom is -0.458 e. The summed E-state index contributed by atoms with van der Waals surface area (Å²) in [6.07, 6.45) is 1.49. The normalized spacial score (nSPS) is 32.5. The maximum absolute atomic E-state index is 13.3. The van der Waals surface area contributed by atoms with E-state index in [1.54, 1.807) is 20.8 Å². The lowest BCUT2D eigenvalue weighted by atomic mass is 9.73. The summed E-state index contributed by atoms with van der Waals surface area (Å²) in [4.78, 5) is 47.8. The average Bonchev–Trinajstić information content (AvgIpc) is 3.39. The van der Waals surface area contributed by atoms with Gasteiger partial charge in [0.25, 0.3) is 0 Å². The van der Waals surface area contributed by atoms with Crippen molar-refractivity contribution in [1.82, 2.24) is 14.8 Å². The quantitative estimate of drug-likeness (QED) is 0.413. The zero-order chi connectivity index (χ0) is 29.9. The fraction of sp³-hybridized carbons (Fsp3) is 0.733. The van der Waals surface area contributed by atoms with Crippen LogP contribution >= 0.6 is 11.3 Å². The van der Waals surface area contributed by atoms with Gasteiger partial charge in [0.15, 0.2) is 0 Å². The highest BCUT2D eigenvalue weighted by Gasteiger charge is 2.51. The second kappa shape index (κ2) is 13.2. The van der Waals surface area contributed by atoms with Crippen LogP contribution in [0.1, 0.15) is 77.4 Å². The predicted molar refractivity (Wildman–Crippen MR) is 156 cm³/mol.